The lowest BCUT2D eigenvalue weighted by Crippen LogP contribution is -1.84. The fourth-order valence-electron chi connectivity index (χ4n) is 1.10. The van der Waals surface area contributed by atoms with Gasteiger partial charge in [-0.1, -0.05) is 24.3 Å². The lowest BCUT2D eigenvalue weighted by molar-refractivity contribution is 0.475. The molecule has 1 nitrogen and oxygen atoms in total. The first kappa shape index (κ1) is 8.75. The van der Waals surface area contributed by atoms with Gasteiger partial charge >= 0.3 is 0 Å². The van der Waals surface area contributed by atoms with E-state index >= 15 is 0 Å². The zero-order valence-corrected chi connectivity index (χ0v) is 7.41. The van der Waals surface area contributed by atoms with Crippen LogP contribution in [-0.2, 0) is 0 Å². The Morgan fingerprint density at radius 2 is 1.71 bits per heavy atom. The van der Waals surface area contributed by atoms with Gasteiger partial charge in [0.2, 0.25) is 0 Å². The summed E-state index contributed by atoms with van der Waals surface area (Å²) in [6.45, 7) is 0. The summed E-state index contributed by atoms with van der Waals surface area (Å²) >= 11 is 0. The van der Waals surface area contributed by atoms with Crippen molar-refractivity contribution in [3.05, 3.63) is 60.4 Å². The fraction of sp³-hybridized carbons (Fsp3) is 0. The molecule has 69 valence electrons. The molecule has 0 spiro atoms. The van der Waals surface area contributed by atoms with Crippen molar-refractivity contribution in [3.8, 4) is 11.5 Å². The molecule has 0 amide bonds. The first-order valence-corrected chi connectivity index (χ1v) is 4.25. The average molecular weight is 187 g/mol. The van der Waals surface area contributed by atoms with Gasteiger partial charge in [0, 0.05) is 0 Å². The van der Waals surface area contributed by atoms with Crippen LogP contribution in [0.2, 0.25) is 0 Å². The molecule has 0 saturated heterocycles. The Bertz CT molecular complexity index is 412. The smallest absolute Gasteiger partial charge is 0.138 e. The van der Waals surface area contributed by atoms with Gasteiger partial charge < -0.3 is 4.74 Å². The lowest BCUT2D eigenvalue weighted by atomic mass is 10.3. The summed E-state index contributed by atoms with van der Waals surface area (Å²) in [6.07, 6.45) is 0. The Balaban J connectivity index is 2.19. The number of hydrogen-bond acceptors (Lipinski definition) is 1. The summed E-state index contributed by atoms with van der Waals surface area (Å²) in [6, 6.07) is 16.3. The molecule has 0 aliphatic rings. The maximum absolute atomic E-state index is 12.7. The molecule has 2 rings (SSSR count). The molecule has 14 heavy (non-hydrogen) atoms. The van der Waals surface area contributed by atoms with Crippen LogP contribution in [0.25, 0.3) is 0 Å². The van der Waals surface area contributed by atoms with Gasteiger partial charge in [0.25, 0.3) is 0 Å². The van der Waals surface area contributed by atoms with Crippen molar-refractivity contribution in [2.45, 2.75) is 0 Å². The van der Waals surface area contributed by atoms with Crippen LogP contribution in [0, 0.1) is 11.9 Å². The standard InChI is InChI=1S/C12H8FO/c13-10-5-4-8-12(9-10)14-11-6-2-1-3-7-11/h1-8H. The van der Waals surface area contributed by atoms with Crippen molar-refractivity contribution >= 4 is 0 Å². The van der Waals surface area contributed by atoms with Gasteiger partial charge in [-0.3, -0.25) is 0 Å². The summed E-state index contributed by atoms with van der Waals surface area (Å²) in [7, 11) is 0. The second kappa shape index (κ2) is 3.92. The van der Waals surface area contributed by atoms with E-state index in [1.54, 1.807) is 24.3 Å². The van der Waals surface area contributed by atoms with Crippen LogP contribution in [0.1, 0.15) is 0 Å². The van der Waals surface area contributed by atoms with E-state index in [9.17, 15) is 4.39 Å². The second-order valence-corrected chi connectivity index (χ2v) is 2.78. The third-order valence-electron chi connectivity index (χ3n) is 1.70. The first-order chi connectivity index (χ1) is 6.84. The van der Waals surface area contributed by atoms with Gasteiger partial charge in [0.15, 0.2) is 0 Å². The third-order valence-corrected chi connectivity index (χ3v) is 1.70. The van der Waals surface area contributed by atoms with Gasteiger partial charge in [-0.15, -0.1) is 0 Å². The highest BCUT2D eigenvalue weighted by Gasteiger charge is 1.97. The van der Waals surface area contributed by atoms with Crippen molar-refractivity contribution in [1.29, 1.82) is 0 Å². The molecule has 0 aliphatic carbocycles. The Hall–Kier alpha value is -1.83. The highest BCUT2D eigenvalue weighted by molar-refractivity contribution is 5.29. The Labute approximate surface area is 81.8 Å². The predicted molar refractivity (Wildman–Crippen MR) is 51.8 cm³/mol. The van der Waals surface area contributed by atoms with E-state index in [0.717, 1.165) is 0 Å². The number of halogens is 1. The summed E-state index contributed by atoms with van der Waals surface area (Å²) in [5, 5.41) is 0. The summed E-state index contributed by atoms with van der Waals surface area (Å²) in [4.78, 5) is 0. The number of para-hydroxylation sites is 1. The molecule has 0 fully saturated rings. The third kappa shape index (κ3) is 2.10. The maximum atomic E-state index is 12.7. The second-order valence-electron chi connectivity index (χ2n) is 2.78. The normalized spacial score (nSPS) is 9.79. The molecule has 0 unspecified atom stereocenters. The molecule has 0 heterocycles. The van der Waals surface area contributed by atoms with Crippen molar-refractivity contribution in [2.24, 2.45) is 0 Å². The SMILES string of the molecule is Fc1[c]c(Oc2ccccc2)ccc1. The lowest BCUT2D eigenvalue weighted by Gasteiger charge is -2.03. The number of hydrogen-bond donors (Lipinski definition) is 0. The molecular formula is C12H8FO. The van der Waals surface area contributed by atoms with Crippen LogP contribution in [0.15, 0.2) is 48.5 Å². The molecular weight excluding hydrogens is 179 g/mol. The van der Waals surface area contributed by atoms with E-state index < -0.39 is 5.82 Å². The number of benzene rings is 2. The molecule has 0 bridgehead atoms. The van der Waals surface area contributed by atoms with Gasteiger partial charge in [0.05, 0.1) is 6.07 Å². The summed E-state index contributed by atoms with van der Waals surface area (Å²) < 4.78 is 18.1. The van der Waals surface area contributed by atoms with Crippen molar-refractivity contribution in [3.63, 3.8) is 0 Å². The molecule has 0 aromatic heterocycles. The van der Waals surface area contributed by atoms with Crippen LogP contribution in [-0.4, -0.2) is 0 Å². The van der Waals surface area contributed by atoms with E-state index in [-0.39, 0.29) is 0 Å². The summed E-state index contributed by atoms with van der Waals surface area (Å²) in [5.41, 5.74) is 0. The van der Waals surface area contributed by atoms with E-state index in [0.29, 0.717) is 11.5 Å². The molecule has 0 aliphatic heterocycles. The van der Waals surface area contributed by atoms with E-state index in [1.807, 2.05) is 18.2 Å². The molecule has 0 saturated carbocycles. The zero-order chi connectivity index (χ0) is 9.80. The van der Waals surface area contributed by atoms with Crippen LogP contribution < -0.4 is 4.74 Å². The molecule has 2 heteroatoms. The minimum Gasteiger partial charge on any atom is -0.457 e. The largest absolute Gasteiger partial charge is 0.457 e. The monoisotopic (exact) mass is 187 g/mol. The highest BCUT2D eigenvalue weighted by Crippen LogP contribution is 2.20. The zero-order valence-electron chi connectivity index (χ0n) is 7.41. The topological polar surface area (TPSA) is 9.23 Å². The maximum Gasteiger partial charge on any atom is 0.138 e. The molecule has 2 aromatic carbocycles. The van der Waals surface area contributed by atoms with Crippen molar-refractivity contribution in [2.75, 3.05) is 0 Å². The minimum atomic E-state index is -0.418. The predicted octanol–water partition coefficient (Wildman–Crippen LogP) is 3.42. The van der Waals surface area contributed by atoms with E-state index in [4.69, 9.17) is 4.74 Å². The molecule has 0 atom stereocenters. The van der Waals surface area contributed by atoms with Gasteiger partial charge in [-0.25, -0.2) is 4.39 Å². The van der Waals surface area contributed by atoms with Gasteiger partial charge in [-0.2, -0.15) is 0 Å². The number of rotatable bonds is 2. The quantitative estimate of drug-likeness (QED) is 0.700. The highest BCUT2D eigenvalue weighted by atomic mass is 19.1. The molecule has 2 aromatic rings. The Kier molecular flexibility index (Phi) is 2.45. The van der Waals surface area contributed by atoms with Crippen LogP contribution in [0.4, 0.5) is 4.39 Å². The number of ether oxygens (including phenoxy) is 1. The van der Waals surface area contributed by atoms with Crippen LogP contribution in [0.3, 0.4) is 0 Å². The van der Waals surface area contributed by atoms with Gasteiger partial charge in [-0.05, 0) is 24.3 Å². The van der Waals surface area contributed by atoms with Crippen molar-refractivity contribution < 1.29 is 9.13 Å². The van der Waals surface area contributed by atoms with Crippen LogP contribution >= 0.6 is 0 Å². The average Bonchev–Trinajstić information content (AvgIpc) is 2.19. The fourth-order valence-corrected chi connectivity index (χ4v) is 1.10. The molecule has 1 radical (unpaired) electrons. The summed E-state index contributed by atoms with van der Waals surface area (Å²) in [5.74, 6) is 0.643. The Morgan fingerprint density at radius 1 is 0.929 bits per heavy atom. The van der Waals surface area contributed by atoms with Gasteiger partial charge in [0.1, 0.15) is 17.3 Å². The first-order valence-electron chi connectivity index (χ1n) is 4.25. The van der Waals surface area contributed by atoms with Crippen molar-refractivity contribution in [1.82, 2.24) is 0 Å². The van der Waals surface area contributed by atoms with E-state index in [2.05, 4.69) is 6.07 Å². The Morgan fingerprint density at radius 3 is 2.43 bits per heavy atom. The van der Waals surface area contributed by atoms with Crippen LogP contribution in [0.5, 0.6) is 11.5 Å². The van der Waals surface area contributed by atoms with E-state index in [1.165, 1.54) is 6.07 Å². The minimum absolute atomic E-state index is 0.385. The molecule has 0 N–H and O–H groups in total.